The SMILES string of the molecule is CC1=CC(=O)CC(C)(C)C1.Nc1ccc(C(=O)OCCCOC(=O)c2ccc(N)cc2)cc1. The normalized spacial score (nSPS) is 14.4. The lowest BCUT2D eigenvalue weighted by atomic mass is 9.77. The van der Waals surface area contributed by atoms with Crippen LogP contribution in [0.15, 0.2) is 60.2 Å². The van der Waals surface area contributed by atoms with Crippen LogP contribution in [-0.2, 0) is 14.3 Å². The molecule has 0 bridgehead atoms. The fourth-order valence-electron chi connectivity index (χ4n) is 3.46. The Morgan fingerprint density at radius 2 is 1.24 bits per heavy atom. The Hall–Kier alpha value is -3.61. The van der Waals surface area contributed by atoms with Crippen LogP contribution in [-0.4, -0.2) is 30.9 Å². The fraction of sp³-hybridized carbons (Fsp3) is 0.346. The summed E-state index contributed by atoms with van der Waals surface area (Å²) in [4.78, 5) is 34.5. The molecule has 0 atom stereocenters. The second kappa shape index (κ2) is 11.9. The van der Waals surface area contributed by atoms with E-state index in [1.54, 1.807) is 54.6 Å². The van der Waals surface area contributed by atoms with Gasteiger partial charge in [0.05, 0.1) is 24.3 Å². The van der Waals surface area contributed by atoms with Crippen molar-refractivity contribution in [2.45, 2.75) is 40.0 Å². The van der Waals surface area contributed by atoms with E-state index >= 15 is 0 Å². The molecule has 2 aromatic carbocycles. The van der Waals surface area contributed by atoms with Gasteiger partial charge in [0.2, 0.25) is 0 Å². The van der Waals surface area contributed by atoms with Crippen LogP contribution in [0.3, 0.4) is 0 Å². The number of carbonyl (C=O) groups is 3. The van der Waals surface area contributed by atoms with Gasteiger partial charge in [-0.1, -0.05) is 19.4 Å². The van der Waals surface area contributed by atoms with Crippen LogP contribution in [0, 0.1) is 5.41 Å². The molecule has 0 fully saturated rings. The molecular formula is C26H32N2O5. The van der Waals surface area contributed by atoms with Crippen LogP contribution in [0.1, 0.15) is 60.7 Å². The number of anilines is 2. The van der Waals surface area contributed by atoms with Gasteiger partial charge in [0.25, 0.3) is 0 Å². The van der Waals surface area contributed by atoms with E-state index in [-0.39, 0.29) is 24.4 Å². The molecule has 0 aromatic heterocycles. The predicted molar refractivity (Wildman–Crippen MR) is 129 cm³/mol. The first-order valence-corrected chi connectivity index (χ1v) is 10.8. The molecule has 7 nitrogen and oxygen atoms in total. The minimum absolute atomic E-state index is 0.165. The van der Waals surface area contributed by atoms with Crippen molar-refractivity contribution >= 4 is 29.1 Å². The van der Waals surface area contributed by atoms with Crippen molar-refractivity contribution in [3.63, 3.8) is 0 Å². The maximum Gasteiger partial charge on any atom is 0.338 e. The quantitative estimate of drug-likeness (QED) is 0.374. The predicted octanol–water partition coefficient (Wildman–Crippen LogP) is 4.58. The van der Waals surface area contributed by atoms with Crippen molar-refractivity contribution in [3.05, 3.63) is 71.3 Å². The number of benzene rings is 2. The lowest BCUT2D eigenvalue weighted by Gasteiger charge is -2.27. The van der Waals surface area contributed by atoms with Crippen LogP contribution in [0.25, 0.3) is 0 Å². The van der Waals surface area contributed by atoms with Crippen LogP contribution >= 0.6 is 0 Å². The largest absolute Gasteiger partial charge is 0.462 e. The van der Waals surface area contributed by atoms with Crippen molar-refractivity contribution in [1.29, 1.82) is 0 Å². The van der Waals surface area contributed by atoms with Crippen LogP contribution in [0.4, 0.5) is 11.4 Å². The van der Waals surface area contributed by atoms with E-state index in [1.165, 1.54) is 5.57 Å². The Kier molecular flexibility index (Phi) is 9.21. The molecule has 2 aromatic rings. The molecule has 0 spiro atoms. The van der Waals surface area contributed by atoms with Gasteiger partial charge in [-0.05, 0) is 73.4 Å². The number of ether oxygens (including phenoxy) is 2. The number of nitrogens with two attached hydrogens (primary N) is 2. The molecule has 33 heavy (non-hydrogen) atoms. The molecule has 176 valence electrons. The molecule has 1 aliphatic carbocycles. The fourth-order valence-corrected chi connectivity index (χ4v) is 3.46. The summed E-state index contributed by atoms with van der Waals surface area (Å²) in [7, 11) is 0. The smallest absolute Gasteiger partial charge is 0.338 e. The maximum atomic E-state index is 11.7. The van der Waals surface area contributed by atoms with E-state index in [1.807, 2.05) is 6.92 Å². The van der Waals surface area contributed by atoms with Gasteiger partial charge >= 0.3 is 11.9 Å². The van der Waals surface area contributed by atoms with Gasteiger partial charge in [0, 0.05) is 24.2 Å². The lowest BCUT2D eigenvalue weighted by molar-refractivity contribution is -0.117. The van der Waals surface area contributed by atoms with Gasteiger partial charge in [0.15, 0.2) is 5.78 Å². The average molecular weight is 453 g/mol. The standard InChI is InChI=1S/C17H18N2O4.C9H14O/c18-14-6-2-12(3-7-14)16(20)22-10-1-11-23-17(21)13-4-8-15(19)9-5-13;1-7-4-8(10)6-9(2,3)5-7/h2-9H,1,10-11,18-19H2;4H,5-6H2,1-3H3. The third-order valence-corrected chi connectivity index (χ3v) is 4.87. The summed E-state index contributed by atoms with van der Waals surface area (Å²) in [6.07, 6.45) is 3.97. The van der Waals surface area contributed by atoms with Gasteiger partial charge < -0.3 is 20.9 Å². The molecule has 3 rings (SSSR count). The summed E-state index contributed by atoms with van der Waals surface area (Å²) in [5, 5.41) is 0. The number of carbonyl (C=O) groups excluding carboxylic acids is 3. The minimum Gasteiger partial charge on any atom is -0.462 e. The van der Waals surface area contributed by atoms with E-state index in [0.717, 1.165) is 6.42 Å². The zero-order valence-corrected chi connectivity index (χ0v) is 19.4. The van der Waals surface area contributed by atoms with E-state index in [0.29, 0.717) is 35.3 Å². The van der Waals surface area contributed by atoms with Gasteiger partial charge in [-0.15, -0.1) is 0 Å². The monoisotopic (exact) mass is 452 g/mol. The molecule has 1 aliphatic rings. The van der Waals surface area contributed by atoms with Crippen molar-refractivity contribution in [2.75, 3.05) is 24.7 Å². The Morgan fingerprint density at radius 3 is 1.61 bits per heavy atom. The summed E-state index contributed by atoms with van der Waals surface area (Å²) < 4.78 is 10.2. The van der Waals surface area contributed by atoms with Gasteiger partial charge in [0.1, 0.15) is 0 Å². The molecule has 0 amide bonds. The summed E-state index contributed by atoms with van der Waals surface area (Å²) in [5.74, 6) is -0.585. The summed E-state index contributed by atoms with van der Waals surface area (Å²) >= 11 is 0. The maximum absolute atomic E-state index is 11.7. The highest BCUT2D eigenvalue weighted by atomic mass is 16.5. The molecule has 0 heterocycles. The Morgan fingerprint density at radius 1 is 0.818 bits per heavy atom. The zero-order valence-electron chi connectivity index (χ0n) is 19.4. The number of allylic oxidation sites excluding steroid dienone is 2. The first-order valence-electron chi connectivity index (χ1n) is 10.8. The Bertz CT molecular complexity index is 933. The molecule has 0 unspecified atom stereocenters. The molecule has 0 aliphatic heterocycles. The van der Waals surface area contributed by atoms with Gasteiger partial charge in [-0.25, -0.2) is 9.59 Å². The highest BCUT2D eigenvalue weighted by Gasteiger charge is 2.25. The van der Waals surface area contributed by atoms with Crippen LogP contribution < -0.4 is 11.5 Å². The number of hydrogen-bond acceptors (Lipinski definition) is 7. The number of ketones is 1. The van der Waals surface area contributed by atoms with Crippen molar-refractivity contribution in [2.24, 2.45) is 5.41 Å². The third-order valence-electron chi connectivity index (χ3n) is 4.87. The third kappa shape index (κ3) is 9.19. The minimum atomic E-state index is -0.435. The zero-order chi connectivity index (χ0) is 24.4. The van der Waals surface area contributed by atoms with Crippen molar-refractivity contribution in [1.82, 2.24) is 0 Å². The number of nitrogen functional groups attached to an aromatic ring is 2. The second-order valence-corrected chi connectivity index (χ2v) is 8.84. The van der Waals surface area contributed by atoms with E-state index in [9.17, 15) is 14.4 Å². The highest BCUT2D eigenvalue weighted by Crippen LogP contribution is 2.32. The first-order chi connectivity index (χ1) is 15.6. The highest BCUT2D eigenvalue weighted by molar-refractivity contribution is 5.92. The summed E-state index contributed by atoms with van der Waals surface area (Å²) in [6, 6.07) is 12.9. The topological polar surface area (TPSA) is 122 Å². The molecule has 0 radical (unpaired) electrons. The van der Waals surface area contributed by atoms with Gasteiger partial charge in [-0.3, -0.25) is 4.79 Å². The van der Waals surface area contributed by atoms with Crippen molar-refractivity contribution in [3.8, 4) is 0 Å². The van der Waals surface area contributed by atoms with Crippen molar-refractivity contribution < 1.29 is 23.9 Å². The van der Waals surface area contributed by atoms with Gasteiger partial charge in [-0.2, -0.15) is 0 Å². The van der Waals surface area contributed by atoms with Crippen LogP contribution in [0.5, 0.6) is 0 Å². The summed E-state index contributed by atoms with van der Waals surface area (Å²) in [6.45, 7) is 6.64. The molecule has 0 saturated carbocycles. The number of rotatable bonds is 6. The van der Waals surface area contributed by atoms with E-state index in [4.69, 9.17) is 20.9 Å². The lowest BCUT2D eigenvalue weighted by Crippen LogP contribution is -2.20. The average Bonchev–Trinajstić information content (AvgIpc) is 2.73. The second-order valence-electron chi connectivity index (χ2n) is 8.84. The Labute approximate surface area is 194 Å². The van der Waals surface area contributed by atoms with E-state index < -0.39 is 11.9 Å². The van der Waals surface area contributed by atoms with E-state index in [2.05, 4.69) is 13.8 Å². The molecular weight excluding hydrogens is 420 g/mol. The molecule has 4 N–H and O–H groups in total. The number of hydrogen-bond donors (Lipinski definition) is 2. The molecule has 0 saturated heterocycles. The molecule has 7 heteroatoms. The first kappa shape index (κ1) is 25.6. The number of esters is 2. The summed E-state index contributed by atoms with van der Waals surface area (Å²) in [5.41, 5.74) is 14.5. The van der Waals surface area contributed by atoms with Crippen LogP contribution in [0.2, 0.25) is 0 Å². The Balaban J connectivity index is 0.000000321.